The molecule has 1 atom stereocenters. The third kappa shape index (κ3) is 4.19. The summed E-state index contributed by atoms with van der Waals surface area (Å²) in [7, 11) is 3.14. The summed E-state index contributed by atoms with van der Waals surface area (Å²) in [5.41, 5.74) is 0.307. The Balaban J connectivity index is 2.09. The number of rotatable bonds is 3. The molecule has 1 aliphatic heterocycles. The first-order valence-electron chi connectivity index (χ1n) is 7.97. The zero-order valence-corrected chi connectivity index (χ0v) is 14.9. The van der Waals surface area contributed by atoms with Crippen molar-refractivity contribution in [2.24, 2.45) is 0 Å². The number of carbonyl (C=O) groups excluding carboxylic acids is 2. The number of hydrogen-bond acceptors (Lipinski definition) is 5. The van der Waals surface area contributed by atoms with E-state index in [4.69, 9.17) is 14.2 Å². The van der Waals surface area contributed by atoms with Gasteiger partial charge in [-0.2, -0.15) is 0 Å². The van der Waals surface area contributed by atoms with E-state index in [-0.39, 0.29) is 18.2 Å². The molecule has 6 heteroatoms. The molecule has 0 aromatic heterocycles. The van der Waals surface area contributed by atoms with Gasteiger partial charge in [0.2, 0.25) is 0 Å². The number of likely N-dealkylation sites (tertiary alicyclic amines) is 1. The van der Waals surface area contributed by atoms with Crippen LogP contribution >= 0.6 is 0 Å². The van der Waals surface area contributed by atoms with Crippen molar-refractivity contribution in [1.82, 2.24) is 4.90 Å². The highest BCUT2D eigenvalue weighted by atomic mass is 16.6. The first-order chi connectivity index (χ1) is 11.2. The molecule has 0 bridgehead atoms. The largest absolute Gasteiger partial charge is 0.493 e. The topological polar surface area (TPSA) is 65.1 Å². The average molecular weight is 335 g/mol. The van der Waals surface area contributed by atoms with Crippen molar-refractivity contribution >= 4 is 11.9 Å². The molecule has 1 fully saturated rings. The molecular formula is C18H25NO5. The SMILES string of the molecule is COc1ccc(C2CCN(C(=O)OC(C)(C)C)CC2=O)cc1OC. The Morgan fingerprint density at radius 2 is 1.83 bits per heavy atom. The van der Waals surface area contributed by atoms with Gasteiger partial charge in [-0.05, 0) is 44.9 Å². The zero-order chi connectivity index (χ0) is 17.9. The molecule has 0 aliphatic carbocycles. The summed E-state index contributed by atoms with van der Waals surface area (Å²) in [4.78, 5) is 26.1. The van der Waals surface area contributed by atoms with Crippen LogP contribution in [0.15, 0.2) is 18.2 Å². The van der Waals surface area contributed by atoms with E-state index in [2.05, 4.69) is 0 Å². The van der Waals surface area contributed by atoms with Crippen molar-refractivity contribution in [2.45, 2.75) is 38.7 Å². The molecule has 0 radical (unpaired) electrons. The van der Waals surface area contributed by atoms with Gasteiger partial charge < -0.3 is 19.1 Å². The van der Waals surface area contributed by atoms with E-state index in [1.165, 1.54) is 4.90 Å². The Bertz CT molecular complexity index is 620. The maximum Gasteiger partial charge on any atom is 0.410 e. The highest BCUT2D eigenvalue weighted by Gasteiger charge is 2.33. The monoisotopic (exact) mass is 335 g/mol. The summed E-state index contributed by atoms with van der Waals surface area (Å²) in [5, 5.41) is 0. The van der Waals surface area contributed by atoms with Crippen molar-refractivity contribution < 1.29 is 23.8 Å². The van der Waals surface area contributed by atoms with E-state index in [1.54, 1.807) is 20.3 Å². The van der Waals surface area contributed by atoms with Gasteiger partial charge in [0, 0.05) is 12.5 Å². The van der Waals surface area contributed by atoms with Gasteiger partial charge in [0.05, 0.1) is 20.8 Å². The molecule has 1 aliphatic rings. The first kappa shape index (κ1) is 18.1. The van der Waals surface area contributed by atoms with E-state index < -0.39 is 11.7 Å². The molecule has 0 N–H and O–H groups in total. The van der Waals surface area contributed by atoms with Crippen LogP contribution in [0.1, 0.15) is 38.7 Å². The van der Waals surface area contributed by atoms with Gasteiger partial charge in [0.15, 0.2) is 17.3 Å². The molecule has 1 saturated heterocycles. The van der Waals surface area contributed by atoms with Crippen molar-refractivity contribution in [3.8, 4) is 11.5 Å². The molecule has 1 aromatic rings. The van der Waals surface area contributed by atoms with Crippen LogP contribution in [0.25, 0.3) is 0 Å². The van der Waals surface area contributed by atoms with Crippen molar-refractivity contribution in [2.75, 3.05) is 27.3 Å². The minimum absolute atomic E-state index is 0.000621. The Labute approximate surface area is 142 Å². The van der Waals surface area contributed by atoms with Gasteiger partial charge in [-0.1, -0.05) is 6.07 Å². The lowest BCUT2D eigenvalue weighted by molar-refractivity contribution is -0.123. The quantitative estimate of drug-likeness (QED) is 0.849. The Kier molecular flexibility index (Phi) is 5.36. The summed E-state index contributed by atoms with van der Waals surface area (Å²) in [6.07, 6.45) is 0.120. The van der Waals surface area contributed by atoms with Crippen LogP contribution in [0, 0.1) is 0 Å². The highest BCUT2D eigenvalue weighted by molar-refractivity contribution is 5.91. The second-order valence-corrected chi connectivity index (χ2v) is 6.82. The number of ketones is 1. The minimum Gasteiger partial charge on any atom is -0.493 e. The zero-order valence-electron chi connectivity index (χ0n) is 14.9. The van der Waals surface area contributed by atoms with Crippen LogP contribution in [0.5, 0.6) is 11.5 Å². The molecule has 1 amide bonds. The molecule has 24 heavy (non-hydrogen) atoms. The van der Waals surface area contributed by atoms with Crippen LogP contribution in [-0.2, 0) is 9.53 Å². The fraction of sp³-hybridized carbons (Fsp3) is 0.556. The van der Waals surface area contributed by atoms with Gasteiger partial charge in [0.1, 0.15) is 5.60 Å². The molecular weight excluding hydrogens is 310 g/mol. The van der Waals surface area contributed by atoms with Crippen molar-refractivity contribution in [3.63, 3.8) is 0 Å². The van der Waals surface area contributed by atoms with E-state index in [0.29, 0.717) is 24.5 Å². The second kappa shape index (κ2) is 7.11. The summed E-state index contributed by atoms with van der Waals surface area (Å²) in [6, 6.07) is 5.49. The summed E-state index contributed by atoms with van der Waals surface area (Å²) in [5.74, 6) is 0.972. The van der Waals surface area contributed by atoms with Gasteiger partial charge in [0.25, 0.3) is 0 Å². The lowest BCUT2D eigenvalue weighted by atomic mass is 9.88. The van der Waals surface area contributed by atoms with E-state index >= 15 is 0 Å². The fourth-order valence-electron chi connectivity index (χ4n) is 2.73. The predicted octanol–water partition coefficient (Wildman–Crippen LogP) is 3.00. The Morgan fingerprint density at radius 3 is 2.38 bits per heavy atom. The standard InChI is InChI=1S/C18H25NO5/c1-18(2,3)24-17(21)19-9-8-13(14(20)11-19)12-6-7-15(22-4)16(10-12)23-5/h6-7,10,13H,8-9,11H2,1-5H3. The lowest BCUT2D eigenvalue weighted by Crippen LogP contribution is -2.45. The number of Topliss-reactive ketones (excluding diaryl/α,β-unsaturated/α-hetero) is 1. The van der Waals surface area contributed by atoms with Gasteiger partial charge >= 0.3 is 6.09 Å². The van der Waals surface area contributed by atoms with Crippen LogP contribution < -0.4 is 9.47 Å². The third-order valence-corrected chi connectivity index (χ3v) is 3.88. The molecule has 2 rings (SSSR count). The third-order valence-electron chi connectivity index (χ3n) is 3.88. The van der Waals surface area contributed by atoms with Gasteiger partial charge in [-0.3, -0.25) is 4.79 Å². The summed E-state index contributed by atoms with van der Waals surface area (Å²) < 4.78 is 15.8. The number of amides is 1. The van der Waals surface area contributed by atoms with E-state index in [0.717, 1.165) is 5.56 Å². The number of benzene rings is 1. The molecule has 1 heterocycles. The van der Waals surface area contributed by atoms with Crippen LogP contribution in [-0.4, -0.2) is 49.7 Å². The highest BCUT2D eigenvalue weighted by Crippen LogP contribution is 2.33. The van der Waals surface area contributed by atoms with Gasteiger partial charge in [-0.15, -0.1) is 0 Å². The molecule has 132 valence electrons. The van der Waals surface area contributed by atoms with Crippen molar-refractivity contribution in [1.29, 1.82) is 0 Å². The number of piperidine rings is 1. The molecule has 1 unspecified atom stereocenters. The predicted molar refractivity (Wildman–Crippen MR) is 89.7 cm³/mol. The number of hydrogen-bond donors (Lipinski definition) is 0. The number of ether oxygens (including phenoxy) is 3. The molecule has 6 nitrogen and oxygen atoms in total. The maximum atomic E-state index is 12.5. The van der Waals surface area contributed by atoms with Crippen LogP contribution in [0.4, 0.5) is 4.79 Å². The molecule has 0 saturated carbocycles. The van der Waals surface area contributed by atoms with Crippen molar-refractivity contribution in [3.05, 3.63) is 23.8 Å². The van der Waals surface area contributed by atoms with Gasteiger partial charge in [-0.25, -0.2) is 4.79 Å². The molecule has 0 spiro atoms. The van der Waals surface area contributed by atoms with E-state index in [9.17, 15) is 9.59 Å². The maximum absolute atomic E-state index is 12.5. The fourth-order valence-corrected chi connectivity index (χ4v) is 2.73. The average Bonchev–Trinajstić information content (AvgIpc) is 2.52. The summed E-state index contributed by atoms with van der Waals surface area (Å²) in [6.45, 7) is 5.98. The number of nitrogens with zero attached hydrogens (tertiary/aromatic N) is 1. The smallest absolute Gasteiger partial charge is 0.410 e. The Hall–Kier alpha value is -2.24. The Morgan fingerprint density at radius 1 is 1.17 bits per heavy atom. The summed E-state index contributed by atoms with van der Waals surface area (Å²) >= 11 is 0. The number of carbonyl (C=O) groups is 2. The number of methoxy groups -OCH3 is 2. The van der Waals surface area contributed by atoms with Crippen LogP contribution in [0.3, 0.4) is 0 Å². The normalized spacial score (nSPS) is 18.3. The minimum atomic E-state index is -0.569. The van der Waals surface area contributed by atoms with E-state index in [1.807, 2.05) is 32.9 Å². The second-order valence-electron chi connectivity index (χ2n) is 6.82. The first-order valence-corrected chi connectivity index (χ1v) is 7.97. The lowest BCUT2D eigenvalue weighted by Gasteiger charge is -2.32. The molecule has 1 aromatic carbocycles. The van der Waals surface area contributed by atoms with Crippen LogP contribution in [0.2, 0.25) is 0 Å².